The van der Waals surface area contributed by atoms with Crippen LogP contribution >= 0.6 is 11.6 Å². The van der Waals surface area contributed by atoms with Gasteiger partial charge in [-0.2, -0.15) is 0 Å². The van der Waals surface area contributed by atoms with Gasteiger partial charge in [0.1, 0.15) is 5.75 Å². The highest BCUT2D eigenvalue weighted by Crippen LogP contribution is 2.23. The Bertz CT molecular complexity index is 700. The molecule has 1 N–H and O–H groups in total. The van der Waals surface area contributed by atoms with Crippen molar-refractivity contribution >= 4 is 23.5 Å². The number of para-hydroxylation sites is 1. The number of hydrogen-bond acceptors (Lipinski definition) is 4. The highest BCUT2D eigenvalue weighted by atomic mass is 35.5. The predicted octanol–water partition coefficient (Wildman–Crippen LogP) is 3.21. The Morgan fingerprint density at radius 3 is 2.46 bits per heavy atom. The third-order valence-corrected chi connectivity index (χ3v) is 3.60. The van der Waals surface area contributed by atoms with E-state index in [2.05, 4.69) is 10.1 Å². The first kappa shape index (κ1) is 17.8. The first-order valence-corrected chi connectivity index (χ1v) is 7.79. The molecule has 0 aromatic heterocycles. The maximum Gasteiger partial charge on any atom is 0.337 e. The van der Waals surface area contributed by atoms with E-state index in [1.54, 1.807) is 36.4 Å². The van der Waals surface area contributed by atoms with Crippen LogP contribution in [0, 0.1) is 0 Å². The minimum atomic E-state index is -0.387. The summed E-state index contributed by atoms with van der Waals surface area (Å²) >= 11 is 5.97. The molecule has 0 unspecified atom stereocenters. The van der Waals surface area contributed by atoms with Gasteiger partial charge in [0.2, 0.25) is 5.91 Å². The lowest BCUT2D eigenvalue weighted by Gasteiger charge is -2.09. The molecule has 0 bridgehead atoms. The molecule has 2 aromatic rings. The maximum absolute atomic E-state index is 11.8. The predicted molar refractivity (Wildman–Crippen MR) is 91.2 cm³/mol. The lowest BCUT2D eigenvalue weighted by molar-refractivity contribution is -0.121. The summed E-state index contributed by atoms with van der Waals surface area (Å²) in [6.45, 7) is 0.628. The highest BCUT2D eigenvalue weighted by Gasteiger charge is 2.06. The molecule has 0 radical (unpaired) electrons. The van der Waals surface area contributed by atoms with E-state index in [0.29, 0.717) is 22.9 Å². The van der Waals surface area contributed by atoms with Gasteiger partial charge in [-0.05, 0) is 29.8 Å². The number of hydrogen-bond donors (Lipinski definition) is 1. The smallest absolute Gasteiger partial charge is 0.337 e. The summed E-state index contributed by atoms with van der Waals surface area (Å²) in [7, 11) is 1.33. The zero-order chi connectivity index (χ0) is 17.4. The number of carbonyl (C=O) groups excluding carboxylic acids is 2. The average molecular weight is 348 g/mol. The van der Waals surface area contributed by atoms with Gasteiger partial charge in [0.25, 0.3) is 0 Å². The number of nitrogens with one attached hydrogen (secondary N) is 1. The van der Waals surface area contributed by atoms with Crippen molar-refractivity contribution in [2.45, 2.75) is 13.0 Å². The molecule has 0 atom stereocenters. The Kier molecular flexibility index (Phi) is 6.63. The van der Waals surface area contributed by atoms with Gasteiger partial charge in [-0.3, -0.25) is 4.79 Å². The molecular weight excluding hydrogens is 330 g/mol. The molecule has 0 spiro atoms. The normalized spacial score (nSPS) is 10.1. The Balaban J connectivity index is 1.73. The van der Waals surface area contributed by atoms with Crippen molar-refractivity contribution in [3.05, 3.63) is 64.7 Å². The quantitative estimate of drug-likeness (QED) is 0.781. The number of halogens is 1. The number of benzene rings is 2. The number of methoxy groups -OCH3 is 1. The third kappa shape index (κ3) is 5.28. The second kappa shape index (κ2) is 8.93. The van der Waals surface area contributed by atoms with Gasteiger partial charge in [0.05, 0.1) is 30.7 Å². The van der Waals surface area contributed by atoms with Gasteiger partial charge in [-0.1, -0.05) is 35.9 Å². The van der Waals surface area contributed by atoms with Crippen LogP contribution in [0.25, 0.3) is 0 Å². The van der Waals surface area contributed by atoms with E-state index in [0.717, 1.165) is 5.56 Å². The van der Waals surface area contributed by atoms with E-state index in [-0.39, 0.29) is 24.9 Å². The first-order valence-electron chi connectivity index (χ1n) is 7.41. The minimum absolute atomic E-state index is 0.126. The summed E-state index contributed by atoms with van der Waals surface area (Å²) in [5, 5.41) is 3.31. The van der Waals surface area contributed by atoms with Crippen LogP contribution < -0.4 is 10.1 Å². The van der Waals surface area contributed by atoms with Crippen LogP contribution in [0.15, 0.2) is 48.5 Å². The molecule has 0 aliphatic carbocycles. The van der Waals surface area contributed by atoms with Gasteiger partial charge in [-0.25, -0.2) is 4.79 Å². The highest BCUT2D eigenvalue weighted by molar-refractivity contribution is 6.32. The van der Waals surface area contributed by atoms with Crippen LogP contribution in [0.3, 0.4) is 0 Å². The van der Waals surface area contributed by atoms with E-state index in [1.165, 1.54) is 7.11 Å². The summed E-state index contributed by atoms with van der Waals surface area (Å²) in [6.07, 6.45) is 0.228. The Morgan fingerprint density at radius 2 is 1.79 bits per heavy atom. The van der Waals surface area contributed by atoms with Gasteiger partial charge in [0, 0.05) is 6.54 Å². The van der Waals surface area contributed by atoms with Crippen molar-refractivity contribution in [1.82, 2.24) is 5.32 Å². The lowest BCUT2D eigenvalue weighted by Crippen LogP contribution is -2.24. The number of esters is 1. The molecule has 2 rings (SSSR count). The van der Waals surface area contributed by atoms with Crippen molar-refractivity contribution in [2.75, 3.05) is 13.7 Å². The summed E-state index contributed by atoms with van der Waals surface area (Å²) in [6, 6.07) is 14.0. The van der Waals surface area contributed by atoms with Crippen molar-refractivity contribution in [3.63, 3.8) is 0 Å². The van der Waals surface area contributed by atoms with Crippen LogP contribution in [0.2, 0.25) is 5.02 Å². The van der Waals surface area contributed by atoms with E-state index in [4.69, 9.17) is 16.3 Å². The summed E-state index contributed by atoms with van der Waals surface area (Å²) in [5.41, 5.74) is 1.36. The van der Waals surface area contributed by atoms with Crippen LogP contribution in [0.1, 0.15) is 22.3 Å². The second-order valence-electron chi connectivity index (χ2n) is 4.99. The molecular formula is C18H18ClNO4. The molecule has 1 amide bonds. The fourth-order valence-corrected chi connectivity index (χ4v) is 2.17. The molecule has 24 heavy (non-hydrogen) atoms. The van der Waals surface area contributed by atoms with Gasteiger partial charge < -0.3 is 14.8 Å². The van der Waals surface area contributed by atoms with Gasteiger partial charge >= 0.3 is 5.97 Å². The summed E-state index contributed by atoms with van der Waals surface area (Å²) in [5.74, 6) is 0.0479. The van der Waals surface area contributed by atoms with Gasteiger partial charge in [0.15, 0.2) is 0 Å². The summed E-state index contributed by atoms with van der Waals surface area (Å²) in [4.78, 5) is 23.1. The van der Waals surface area contributed by atoms with Gasteiger partial charge in [-0.15, -0.1) is 0 Å². The topological polar surface area (TPSA) is 64.6 Å². The Hall–Kier alpha value is -2.53. The SMILES string of the molecule is COC(=O)c1ccc(CNC(=O)CCOc2ccccc2Cl)cc1. The van der Waals surface area contributed by atoms with Crippen LogP contribution in [-0.4, -0.2) is 25.6 Å². The number of amides is 1. The summed E-state index contributed by atoms with van der Waals surface area (Å²) < 4.78 is 10.1. The van der Waals surface area contributed by atoms with Crippen molar-refractivity contribution in [3.8, 4) is 5.75 Å². The number of ether oxygens (including phenoxy) is 2. The number of carbonyl (C=O) groups is 2. The van der Waals surface area contributed by atoms with Crippen LogP contribution in [-0.2, 0) is 16.1 Å². The average Bonchev–Trinajstić information content (AvgIpc) is 2.61. The van der Waals surface area contributed by atoms with E-state index >= 15 is 0 Å². The largest absolute Gasteiger partial charge is 0.491 e. The first-order chi connectivity index (χ1) is 11.6. The van der Waals surface area contributed by atoms with E-state index in [9.17, 15) is 9.59 Å². The number of rotatable bonds is 7. The fraction of sp³-hybridized carbons (Fsp3) is 0.222. The molecule has 0 aliphatic heterocycles. The van der Waals surface area contributed by atoms with Crippen molar-refractivity contribution in [1.29, 1.82) is 0 Å². The zero-order valence-corrected chi connectivity index (χ0v) is 14.0. The molecule has 2 aromatic carbocycles. The van der Waals surface area contributed by atoms with E-state index in [1.807, 2.05) is 12.1 Å². The molecule has 0 saturated carbocycles. The van der Waals surface area contributed by atoms with E-state index < -0.39 is 0 Å². The van der Waals surface area contributed by atoms with Crippen molar-refractivity contribution < 1.29 is 19.1 Å². The zero-order valence-electron chi connectivity index (χ0n) is 13.3. The van der Waals surface area contributed by atoms with Crippen LogP contribution in [0.5, 0.6) is 5.75 Å². The molecule has 0 aliphatic rings. The monoisotopic (exact) mass is 347 g/mol. The minimum Gasteiger partial charge on any atom is -0.491 e. The molecule has 0 saturated heterocycles. The maximum atomic E-state index is 11.8. The molecule has 0 heterocycles. The lowest BCUT2D eigenvalue weighted by atomic mass is 10.1. The third-order valence-electron chi connectivity index (χ3n) is 3.29. The van der Waals surface area contributed by atoms with Crippen molar-refractivity contribution in [2.24, 2.45) is 0 Å². The molecule has 126 valence electrons. The second-order valence-corrected chi connectivity index (χ2v) is 5.40. The molecule has 0 fully saturated rings. The Labute approximate surface area is 145 Å². The fourth-order valence-electron chi connectivity index (χ4n) is 1.98. The standard InChI is InChI=1S/C18H18ClNO4/c1-23-18(22)14-8-6-13(7-9-14)12-20-17(21)10-11-24-16-5-3-2-4-15(16)19/h2-9H,10-12H2,1H3,(H,20,21). The Morgan fingerprint density at radius 1 is 1.08 bits per heavy atom. The molecule has 6 heteroatoms. The molecule has 5 nitrogen and oxygen atoms in total. The van der Waals surface area contributed by atoms with Crippen LogP contribution in [0.4, 0.5) is 0 Å².